The van der Waals surface area contributed by atoms with Gasteiger partial charge in [0.1, 0.15) is 0 Å². The number of rotatable bonds is 6. The molecule has 9 heteroatoms. The molecule has 5 nitrogen and oxygen atoms in total. The van der Waals surface area contributed by atoms with E-state index in [1.165, 1.54) is 12.1 Å². The van der Waals surface area contributed by atoms with Crippen molar-refractivity contribution in [3.63, 3.8) is 0 Å². The second-order valence-corrected chi connectivity index (χ2v) is 8.41. The number of halogens is 3. The van der Waals surface area contributed by atoms with Gasteiger partial charge in [-0.15, -0.1) is 0 Å². The van der Waals surface area contributed by atoms with Crippen molar-refractivity contribution in [2.24, 2.45) is 0 Å². The van der Waals surface area contributed by atoms with E-state index in [4.69, 9.17) is 17.0 Å². The number of ether oxygens (including phenoxy) is 1. The summed E-state index contributed by atoms with van der Waals surface area (Å²) in [6.07, 6.45) is -2.67. The summed E-state index contributed by atoms with van der Waals surface area (Å²) in [6, 6.07) is 12.7. The van der Waals surface area contributed by atoms with Crippen LogP contribution in [-0.2, 0) is 10.9 Å². The average Bonchev–Trinajstić information content (AvgIpc) is 3.27. The number of hydrogen-bond donors (Lipinski definition) is 1. The first-order valence-electron chi connectivity index (χ1n) is 10.6. The van der Waals surface area contributed by atoms with E-state index in [9.17, 15) is 13.2 Å². The van der Waals surface area contributed by atoms with Gasteiger partial charge in [0.15, 0.2) is 5.11 Å². The Hall–Kier alpha value is -2.91. The fourth-order valence-corrected chi connectivity index (χ4v) is 4.81. The average molecular weight is 475 g/mol. The summed E-state index contributed by atoms with van der Waals surface area (Å²) in [6.45, 7) is 4.88. The summed E-state index contributed by atoms with van der Waals surface area (Å²) in [4.78, 5) is 6.60. The summed E-state index contributed by atoms with van der Waals surface area (Å²) >= 11 is 5.64. The van der Waals surface area contributed by atoms with E-state index in [1.54, 1.807) is 19.4 Å². The Balaban J connectivity index is 1.81. The molecule has 1 fully saturated rings. The van der Waals surface area contributed by atoms with Crippen molar-refractivity contribution in [2.75, 3.05) is 20.3 Å². The molecular weight excluding hydrogens is 449 g/mol. The lowest BCUT2D eigenvalue weighted by molar-refractivity contribution is -0.137. The minimum absolute atomic E-state index is 0.187. The van der Waals surface area contributed by atoms with Crippen molar-refractivity contribution in [3.8, 4) is 5.69 Å². The van der Waals surface area contributed by atoms with E-state index >= 15 is 0 Å². The van der Waals surface area contributed by atoms with E-state index in [0.29, 0.717) is 24.0 Å². The first-order valence-corrected chi connectivity index (χ1v) is 11.0. The van der Waals surface area contributed by atoms with Gasteiger partial charge in [-0.1, -0.05) is 12.1 Å². The Bertz CT molecular complexity index is 1150. The molecule has 0 unspecified atom stereocenters. The summed E-state index contributed by atoms with van der Waals surface area (Å²) < 4.78 is 47.1. The van der Waals surface area contributed by atoms with E-state index in [-0.39, 0.29) is 12.1 Å². The number of nitrogens with one attached hydrogen (secondary N) is 1. The fourth-order valence-electron chi connectivity index (χ4n) is 4.48. The normalized spacial score (nSPS) is 18.6. The number of benzene rings is 1. The maximum absolute atomic E-state index is 13.3. The third-order valence-corrected chi connectivity index (χ3v) is 6.31. The summed E-state index contributed by atoms with van der Waals surface area (Å²) in [5.74, 6) is 0. The maximum Gasteiger partial charge on any atom is 0.416 e. The van der Waals surface area contributed by atoms with Crippen molar-refractivity contribution in [3.05, 3.63) is 82.9 Å². The smallest absolute Gasteiger partial charge is 0.383 e. The predicted octanol–water partition coefficient (Wildman–Crippen LogP) is 5.13. The van der Waals surface area contributed by atoms with Crippen LogP contribution in [-0.4, -0.2) is 39.8 Å². The zero-order valence-corrected chi connectivity index (χ0v) is 19.4. The lowest BCUT2D eigenvalue weighted by atomic mass is 9.97. The SMILES string of the molecule is COCCN1C(=S)N[C@@H](c2ccccn2)[C@H]1c1cc(C)n(-c2cccc(C(F)(F)F)c2)c1C. The molecule has 0 saturated carbocycles. The highest BCUT2D eigenvalue weighted by Crippen LogP contribution is 2.41. The Labute approximate surface area is 196 Å². The number of pyridine rings is 1. The molecule has 0 spiro atoms. The Morgan fingerprint density at radius 3 is 2.58 bits per heavy atom. The molecule has 1 aromatic carbocycles. The van der Waals surface area contributed by atoms with Crippen LogP contribution in [0.3, 0.4) is 0 Å². The van der Waals surface area contributed by atoms with Gasteiger partial charge in [-0.25, -0.2) is 0 Å². The van der Waals surface area contributed by atoms with Gasteiger partial charge in [0.2, 0.25) is 0 Å². The monoisotopic (exact) mass is 474 g/mol. The molecule has 1 aliphatic rings. The van der Waals surface area contributed by atoms with Crippen LogP contribution in [0.1, 0.15) is 40.3 Å². The van der Waals surface area contributed by atoms with Crippen LogP contribution in [0.2, 0.25) is 0 Å². The number of aryl methyl sites for hydroxylation is 1. The second kappa shape index (κ2) is 9.15. The first kappa shape index (κ1) is 23.3. The summed E-state index contributed by atoms with van der Waals surface area (Å²) in [7, 11) is 1.64. The standard InChI is InChI=1S/C24H25F3N4OS/c1-15-13-19(16(2)31(15)18-8-6-7-17(14-18)24(25,26)27)22-21(20-9-4-5-10-28-20)29-23(33)30(22)11-12-32-3/h4-10,13-14,21-22H,11-12H2,1-3H3,(H,29,33)/t21-,22+/m0/s1. The van der Waals surface area contributed by atoms with Crippen LogP contribution in [0, 0.1) is 13.8 Å². The van der Waals surface area contributed by atoms with Crippen LogP contribution >= 0.6 is 12.2 Å². The largest absolute Gasteiger partial charge is 0.416 e. The highest BCUT2D eigenvalue weighted by atomic mass is 32.1. The third-order valence-electron chi connectivity index (χ3n) is 5.95. The van der Waals surface area contributed by atoms with Crippen LogP contribution in [0.25, 0.3) is 5.69 Å². The van der Waals surface area contributed by atoms with Crippen molar-refractivity contribution in [1.29, 1.82) is 0 Å². The van der Waals surface area contributed by atoms with Gasteiger partial charge >= 0.3 is 6.18 Å². The molecule has 0 bridgehead atoms. The van der Waals surface area contributed by atoms with E-state index in [2.05, 4.69) is 15.2 Å². The molecule has 0 amide bonds. The Morgan fingerprint density at radius 2 is 1.91 bits per heavy atom. The van der Waals surface area contributed by atoms with Crippen molar-refractivity contribution >= 4 is 17.3 Å². The number of hydrogen-bond acceptors (Lipinski definition) is 3. The first-order chi connectivity index (χ1) is 15.7. The van der Waals surface area contributed by atoms with Gasteiger partial charge in [0, 0.05) is 36.9 Å². The van der Waals surface area contributed by atoms with Crippen molar-refractivity contribution < 1.29 is 17.9 Å². The zero-order chi connectivity index (χ0) is 23.8. The third kappa shape index (κ3) is 4.47. The second-order valence-electron chi connectivity index (χ2n) is 8.02. The van der Waals surface area contributed by atoms with Gasteiger partial charge < -0.3 is 19.5 Å². The highest BCUT2D eigenvalue weighted by molar-refractivity contribution is 7.80. The highest BCUT2D eigenvalue weighted by Gasteiger charge is 2.41. The molecule has 0 aliphatic carbocycles. The molecule has 3 heterocycles. The van der Waals surface area contributed by atoms with Gasteiger partial charge in [-0.3, -0.25) is 4.98 Å². The van der Waals surface area contributed by atoms with Crippen molar-refractivity contribution in [2.45, 2.75) is 32.1 Å². The van der Waals surface area contributed by atoms with Gasteiger partial charge in [-0.05, 0) is 68.0 Å². The Kier molecular flexibility index (Phi) is 6.45. The van der Waals surface area contributed by atoms with Crippen LogP contribution in [0.15, 0.2) is 54.7 Å². The van der Waals surface area contributed by atoms with Crippen LogP contribution < -0.4 is 5.32 Å². The number of alkyl halides is 3. The summed E-state index contributed by atoms with van der Waals surface area (Å²) in [5, 5.41) is 3.98. The van der Waals surface area contributed by atoms with E-state index in [1.807, 2.05) is 42.7 Å². The van der Waals surface area contributed by atoms with Gasteiger partial charge in [-0.2, -0.15) is 13.2 Å². The molecule has 174 valence electrons. The zero-order valence-electron chi connectivity index (χ0n) is 18.6. The number of nitrogens with zero attached hydrogens (tertiary/aromatic N) is 3. The lowest BCUT2D eigenvalue weighted by Crippen LogP contribution is -2.32. The maximum atomic E-state index is 13.3. The minimum atomic E-state index is -4.41. The molecule has 2 aromatic heterocycles. The van der Waals surface area contributed by atoms with Crippen LogP contribution in [0.5, 0.6) is 0 Å². The topological polar surface area (TPSA) is 42.3 Å². The molecule has 1 aliphatic heterocycles. The quantitative estimate of drug-likeness (QED) is 0.502. The fraction of sp³-hybridized carbons (Fsp3) is 0.333. The number of methoxy groups -OCH3 is 1. The molecule has 3 aromatic rings. The predicted molar refractivity (Wildman–Crippen MR) is 124 cm³/mol. The van der Waals surface area contributed by atoms with Gasteiger partial charge in [0.25, 0.3) is 0 Å². The molecule has 2 atom stereocenters. The van der Waals surface area contributed by atoms with Crippen LogP contribution in [0.4, 0.5) is 13.2 Å². The molecule has 0 radical (unpaired) electrons. The molecule has 1 saturated heterocycles. The van der Waals surface area contributed by atoms with Crippen molar-refractivity contribution in [1.82, 2.24) is 19.8 Å². The minimum Gasteiger partial charge on any atom is -0.383 e. The molecule has 4 rings (SSSR count). The van der Waals surface area contributed by atoms with E-state index in [0.717, 1.165) is 28.7 Å². The number of thiocarbonyl (C=S) groups is 1. The molecular formula is C24H25F3N4OS. The molecule has 33 heavy (non-hydrogen) atoms. The summed E-state index contributed by atoms with van der Waals surface area (Å²) in [5.41, 5.74) is 3.30. The Morgan fingerprint density at radius 1 is 1.12 bits per heavy atom. The molecule has 1 N–H and O–H groups in total. The number of aromatic nitrogens is 2. The van der Waals surface area contributed by atoms with Gasteiger partial charge in [0.05, 0.1) is 29.9 Å². The lowest BCUT2D eigenvalue weighted by Gasteiger charge is -2.28. The van der Waals surface area contributed by atoms with E-state index < -0.39 is 11.7 Å².